The zero-order chi connectivity index (χ0) is 27.2. The van der Waals surface area contributed by atoms with Gasteiger partial charge >= 0.3 is 0 Å². The first-order valence-corrected chi connectivity index (χ1v) is 15.2. The summed E-state index contributed by atoms with van der Waals surface area (Å²) in [4.78, 5) is 19.5. The number of ether oxygens (including phenoxy) is 2. The fourth-order valence-corrected chi connectivity index (χ4v) is 6.76. The van der Waals surface area contributed by atoms with Crippen LogP contribution in [0.1, 0.15) is 51.7 Å². The van der Waals surface area contributed by atoms with Crippen LogP contribution in [0.4, 0.5) is 10.7 Å². The number of rotatable bonds is 9. The molecule has 5 rings (SSSR count). The van der Waals surface area contributed by atoms with Crippen LogP contribution in [-0.2, 0) is 19.4 Å². The van der Waals surface area contributed by atoms with Gasteiger partial charge in [-0.25, -0.2) is 4.99 Å². The van der Waals surface area contributed by atoms with Gasteiger partial charge in [0.1, 0.15) is 11.6 Å². The molecule has 1 aromatic heterocycles. The molecular formula is C31H28ClIN2O3S. The summed E-state index contributed by atoms with van der Waals surface area (Å²) < 4.78 is 13.0. The topological polar surface area (TPSA) is 59.9 Å². The average molecular weight is 671 g/mol. The minimum absolute atomic E-state index is 0.111. The van der Waals surface area contributed by atoms with Crippen molar-refractivity contribution in [1.82, 2.24) is 0 Å². The van der Waals surface area contributed by atoms with Crippen molar-refractivity contribution >= 4 is 68.3 Å². The van der Waals surface area contributed by atoms with Gasteiger partial charge in [-0.15, -0.1) is 11.3 Å². The Bertz CT molecular complexity index is 1500. The van der Waals surface area contributed by atoms with Gasteiger partial charge in [-0.2, -0.15) is 0 Å². The molecule has 0 aliphatic heterocycles. The molecule has 1 amide bonds. The van der Waals surface area contributed by atoms with Crippen molar-refractivity contribution in [3.8, 4) is 11.5 Å². The third-order valence-electron chi connectivity index (χ3n) is 6.40. The average Bonchev–Trinajstić information content (AvgIpc) is 3.32. The first-order chi connectivity index (χ1) is 19.0. The highest BCUT2D eigenvalue weighted by atomic mass is 127. The van der Waals surface area contributed by atoms with Gasteiger partial charge in [-0.05, 0) is 96.7 Å². The van der Waals surface area contributed by atoms with Gasteiger partial charge in [0.25, 0.3) is 5.91 Å². The monoisotopic (exact) mass is 670 g/mol. The van der Waals surface area contributed by atoms with Crippen LogP contribution in [0.2, 0.25) is 5.02 Å². The highest BCUT2D eigenvalue weighted by Crippen LogP contribution is 2.41. The van der Waals surface area contributed by atoms with Gasteiger partial charge in [0.05, 0.1) is 15.7 Å². The lowest BCUT2D eigenvalue weighted by atomic mass is 9.95. The van der Waals surface area contributed by atoms with Crippen LogP contribution >= 0.6 is 45.5 Å². The Morgan fingerprint density at radius 1 is 1.08 bits per heavy atom. The van der Waals surface area contributed by atoms with Crippen molar-refractivity contribution in [2.24, 2.45) is 4.99 Å². The summed E-state index contributed by atoms with van der Waals surface area (Å²) in [5.74, 6) is 1.20. The van der Waals surface area contributed by atoms with Gasteiger partial charge < -0.3 is 14.8 Å². The molecule has 0 radical (unpaired) electrons. The Kier molecular flexibility index (Phi) is 9.21. The lowest BCUT2D eigenvalue weighted by Gasteiger charge is -2.15. The molecule has 5 nitrogen and oxygen atoms in total. The number of para-hydroxylation sites is 1. The fourth-order valence-electron chi connectivity index (χ4n) is 4.56. The van der Waals surface area contributed by atoms with Crippen molar-refractivity contribution < 1.29 is 14.3 Å². The number of aliphatic imine (C=N–C) groups is 1. The molecule has 0 saturated heterocycles. The number of nitrogens with one attached hydrogen (secondary N) is 1. The number of fused-ring (bicyclic) bond motifs is 1. The van der Waals surface area contributed by atoms with Gasteiger partial charge in [-0.1, -0.05) is 48.0 Å². The van der Waals surface area contributed by atoms with Crippen molar-refractivity contribution in [2.45, 2.75) is 39.2 Å². The van der Waals surface area contributed by atoms with Crippen LogP contribution < -0.4 is 14.8 Å². The molecule has 200 valence electrons. The summed E-state index contributed by atoms with van der Waals surface area (Å²) >= 11 is 10.2. The number of anilines is 1. The van der Waals surface area contributed by atoms with E-state index in [1.807, 2.05) is 73.7 Å². The number of benzene rings is 3. The van der Waals surface area contributed by atoms with Crippen LogP contribution in [0.15, 0.2) is 71.7 Å². The molecule has 1 heterocycles. The van der Waals surface area contributed by atoms with Crippen LogP contribution in [0, 0.1) is 3.57 Å². The fraction of sp³-hybridized carbons (Fsp3) is 0.226. The third-order valence-corrected chi connectivity index (χ3v) is 8.77. The molecular weight excluding hydrogens is 643 g/mol. The van der Waals surface area contributed by atoms with E-state index in [0.717, 1.165) is 56.6 Å². The summed E-state index contributed by atoms with van der Waals surface area (Å²) in [6.07, 6.45) is 5.93. The van der Waals surface area contributed by atoms with Crippen molar-refractivity contribution in [1.29, 1.82) is 0 Å². The number of carbonyl (C=O) groups excluding carboxylic acids is 1. The lowest BCUT2D eigenvalue weighted by molar-refractivity contribution is 0.102. The second-order valence-corrected chi connectivity index (χ2v) is 11.8. The molecule has 4 aromatic rings. The molecule has 8 heteroatoms. The van der Waals surface area contributed by atoms with Crippen LogP contribution in [0.25, 0.3) is 0 Å². The Morgan fingerprint density at radius 2 is 1.85 bits per heavy atom. The van der Waals surface area contributed by atoms with E-state index in [2.05, 4.69) is 27.9 Å². The molecule has 1 aliphatic carbocycles. The van der Waals surface area contributed by atoms with Crippen LogP contribution in [-0.4, -0.2) is 18.7 Å². The lowest BCUT2D eigenvalue weighted by Crippen LogP contribution is -2.14. The summed E-state index contributed by atoms with van der Waals surface area (Å²) in [5.41, 5.74) is 4.38. The molecule has 1 aliphatic rings. The van der Waals surface area contributed by atoms with Gasteiger partial charge in [0.15, 0.2) is 11.5 Å². The first-order valence-electron chi connectivity index (χ1n) is 12.9. The SMILES string of the molecule is CCOc1cc(C=Nc2sc3c(c2C(=O)Nc2ccccc2)CCCC3)cc(I)c1OCc1ccccc1Cl. The number of aryl methyl sites for hydroxylation is 1. The van der Waals surface area contributed by atoms with E-state index in [4.69, 9.17) is 26.1 Å². The first kappa shape index (κ1) is 27.7. The van der Waals surface area contributed by atoms with Crippen molar-refractivity contribution in [2.75, 3.05) is 11.9 Å². The highest BCUT2D eigenvalue weighted by molar-refractivity contribution is 14.1. The molecule has 0 bridgehead atoms. The zero-order valence-corrected chi connectivity index (χ0v) is 25.2. The number of carbonyl (C=O) groups is 1. The minimum Gasteiger partial charge on any atom is -0.490 e. The molecule has 39 heavy (non-hydrogen) atoms. The van der Waals surface area contributed by atoms with E-state index < -0.39 is 0 Å². The maximum absolute atomic E-state index is 13.4. The van der Waals surface area contributed by atoms with E-state index in [1.165, 1.54) is 4.88 Å². The smallest absolute Gasteiger partial charge is 0.259 e. The maximum atomic E-state index is 13.4. The van der Waals surface area contributed by atoms with Gasteiger partial charge in [-0.3, -0.25) is 4.79 Å². The predicted octanol–water partition coefficient (Wildman–Crippen LogP) is 8.87. The third kappa shape index (κ3) is 6.65. The van der Waals surface area contributed by atoms with Gasteiger partial charge in [0.2, 0.25) is 0 Å². The van der Waals surface area contributed by atoms with Crippen LogP contribution in [0.5, 0.6) is 11.5 Å². The molecule has 0 saturated carbocycles. The standard InChI is InChI=1S/C31H28ClIN2O3S/c1-2-37-26-17-20(16-25(33)29(26)38-19-21-10-6-8-14-24(21)32)18-34-31-28(23-13-7-9-15-27(23)39-31)30(36)35-22-11-4-3-5-12-22/h3-6,8,10-12,14,16-18H,2,7,9,13,15,19H2,1H3,(H,35,36). The van der Waals surface area contributed by atoms with E-state index >= 15 is 0 Å². The number of halogens is 2. The number of nitrogens with zero attached hydrogens (tertiary/aromatic N) is 1. The second-order valence-electron chi connectivity index (χ2n) is 9.11. The number of hydrogen-bond acceptors (Lipinski definition) is 5. The van der Waals surface area contributed by atoms with E-state index in [0.29, 0.717) is 35.3 Å². The number of thiophene rings is 1. The molecule has 0 spiro atoms. The summed E-state index contributed by atoms with van der Waals surface area (Å²) in [6, 6.07) is 21.1. The summed E-state index contributed by atoms with van der Waals surface area (Å²) in [7, 11) is 0. The van der Waals surface area contributed by atoms with Gasteiger partial charge in [0, 0.05) is 27.4 Å². The quantitative estimate of drug-likeness (QED) is 0.143. The van der Waals surface area contributed by atoms with E-state index in [-0.39, 0.29) is 5.91 Å². The number of hydrogen-bond donors (Lipinski definition) is 1. The van der Waals surface area contributed by atoms with E-state index in [1.54, 1.807) is 17.6 Å². The Labute approximate surface area is 251 Å². The Morgan fingerprint density at radius 3 is 2.64 bits per heavy atom. The predicted molar refractivity (Wildman–Crippen MR) is 169 cm³/mol. The largest absolute Gasteiger partial charge is 0.490 e. The summed E-state index contributed by atoms with van der Waals surface area (Å²) in [6.45, 7) is 2.78. The Balaban J connectivity index is 1.43. The van der Waals surface area contributed by atoms with Crippen LogP contribution in [0.3, 0.4) is 0 Å². The zero-order valence-electron chi connectivity index (χ0n) is 21.5. The molecule has 3 aromatic carbocycles. The molecule has 0 unspecified atom stereocenters. The van der Waals surface area contributed by atoms with Crippen molar-refractivity contribution in [3.05, 3.63) is 102 Å². The molecule has 0 fully saturated rings. The minimum atomic E-state index is -0.111. The normalized spacial score (nSPS) is 12.8. The number of amides is 1. The molecule has 1 N–H and O–H groups in total. The highest BCUT2D eigenvalue weighted by Gasteiger charge is 2.25. The van der Waals surface area contributed by atoms with E-state index in [9.17, 15) is 4.79 Å². The second kappa shape index (κ2) is 13.0. The Hall–Kier alpha value is -2.88. The maximum Gasteiger partial charge on any atom is 0.259 e. The van der Waals surface area contributed by atoms with Crippen molar-refractivity contribution in [3.63, 3.8) is 0 Å². The molecule has 0 atom stereocenters. The summed E-state index contributed by atoms with van der Waals surface area (Å²) in [5, 5.41) is 4.46.